The molecule has 0 aliphatic carbocycles. The maximum Gasteiger partial charge on any atom is 0.178 e. The highest BCUT2D eigenvalue weighted by molar-refractivity contribution is 5.76. The summed E-state index contributed by atoms with van der Waals surface area (Å²) < 4.78 is 4.97. The minimum Gasteiger partial charge on any atom is -0.381 e. The number of aromatic amines is 1. The molecule has 0 radical (unpaired) electrons. The third-order valence-corrected chi connectivity index (χ3v) is 2.61. The lowest BCUT2D eigenvalue weighted by Gasteiger charge is -1.97. The number of nitrogens with zero attached hydrogens (tertiary/aromatic N) is 2. The van der Waals surface area contributed by atoms with Crippen molar-refractivity contribution in [2.24, 2.45) is 0 Å². The fraction of sp³-hybridized carbons (Fsp3) is 0.385. The van der Waals surface area contributed by atoms with E-state index in [0.29, 0.717) is 6.61 Å². The fourth-order valence-electron chi connectivity index (χ4n) is 1.73. The van der Waals surface area contributed by atoms with E-state index in [4.69, 9.17) is 4.74 Å². The number of imidazole rings is 1. The zero-order valence-electron chi connectivity index (χ0n) is 10.4. The molecule has 0 spiro atoms. The topological polar surface area (TPSA) is 50.8 Å². The Bertz CT molecular complexity index is 543. The second-order valence-electron chi connectivity index (χ2n) is 3.96. The van der Waals surface area contributed by atoms with Gasteiger partial charge in [-0.2, -0.15) is 0 Å². The van der Waals surface area contributed by atoms with Gasteiger partial charge in [-0.25, -0.2) is 9.97 Å². The highest BCUT2D eigenvalue weighted by Gasteiger charge is 2.06. The lowest BCUT2D eigenvalue weighted by Crippen LogP contribution is -1.87. The van der Waals surface area contributed by atoms with Gasteiger partial charge in [-0.3, -0.25) is 0 Å². The van der Waals surface area contributed by atoms with Crippen molar-refractivity contribution in [3.8, 4) is 0 Å². The van der Waals surface area contributed by atoms with E-state index >= 15 is 0 Å². The predicted molar refractivity (Wildman–Crippen MR) is 68.9 cm³/mol. The van der Waals surface area contributed by atoms with E-state index in [1.807, 2.05) is 18.2 Å². The molecule has 0 aromatic carbocycles. The predicted octanol–water partition coefficient (Wildman–Crippen LogP) is 2.49. The summed E-state index contributed by atoms with van der Waals surface area (Å²) in [5.74, 6) is 0.980. The molecule has 17 heavy (non-hydrogen) atoms. The van der Waals surface area contributed by atoms with Gasteiger partial charge in [0.1, 0.15) is 5.82 Å². The minimum absolute atomic E-state index is 0.597. The third kappa shape index (κ3) is 2.53. The van der Waals surface area contributed by atoms with Crippen molar-refractivity contribution in [3.05, 3.63) is 29.2 Å². The molecule has 4 nitrogen and oxygen atoms in total. The van der Waals surface area contributed by atoms with Crippen LogP contribution in [0.25, 0.3) is 17.2 Å². The Kier molecular flexibility index (Phi) is 3.54. The normalized spacial score (nSPS) is 11.7. The molecular weight excluding hydrogens is 214 g/mol. The summed E-state index contributed by atoms with van der Waals surface area (Å²) in [4.78, 5) is 12.2. The minimum atomic E-state index is 0.597. The number of rotatable bonds is 4. The zero-order chi connectivity index (χ0) is 12.3. The number of methoxy groups -OCH3 is 1. The summed E-state index contributed by atoms with van der Waals surface area (Å²) >= 11 is 0. The first kappa shape index (κ1) is 11.8. The van der Waals surface area contributed by atoms with Crippen LogP contribution in [0.4, 0.5) is 0 Å². The summed E-state index contributed by atoms with van der Waals surface area (Å²) in [6.07, 6.45) is 4.79. The number of fused-ring (bicyclic) bond motifs is 1. The molecule has 2 rings (SSSR count). The van der Waals surface area contributed by atoms with Gasteiger partial charge in [0.05, 0.1) is 17.8 Å². The Morgan fingerprint density at radius 1 is 1.41 bits per heavy atom. The van der Waals surface area contributed by atoms with Gasteiger partial charge in [0.2, 0.25) is 0 Å². The second-order valence-corrected chi connectivity index (χ2v) is 3.96. The highest BCUT2D eigenvalue weighted by atomic mass is 16.5. The van der Waals surface area contributed by atoms with E-state index in [9.17, 15) is 0 Å². The Labute approximate surface area is 101 Å². The lowest BCUT2D eigenvalue weighted by atomic mass is 10.2. The number of hydrogen-bond donors (Lipinski definition) is 1. The number of nitrogens with one attached hydrogen (secondary N) is 1. The Balaban J connectivity index is 2.40. The van der Waals surface area contributed by atoms with Crippen LogP contribution in [0.1, 0.15) is 24.0 Å². The molecule has 0 aliphatic heterocycles. The molecule has 0 aliphatic rings. The molecule has 0 unspecified atom stereocenters. The highest BCUT2D eigenvalue weighted by Crippen LogP contribution is 2.16. The molecule has 0 amide bonds. The van der Waals surface area contributed by atoms with Crippen LogP contribution >= 0.6 is 0 Å². The first-order chi connectivity index (χ1) is 8.24. The van der Waals surface area contributed by atoms with E-state index in [2.05, 4.69) is 28.8 Å². The monoisotopic (exact) mass is 231 g/mol. The van der Waals surface area contributed by atoms with E-state index < -0.39 is 0 Å². The van der Waals surface area contributed by atoms with Gasteiger partial charge < -0.3 is 9.72 Å². The third-order valence-electron chi connectivity index (χ3n) is 2.61. The Morgan fingerprint density at radius 3 is 2.94 bits per heavy atom. The van der Waals surface area contributed by atoms with Crippen LogP contribution in [0.15, 0.2) is 12.1 Å². The summed E-state index contributed by atoms with van der Waals surface area (Å²) in [7, 11) is 1.67. The quantitative estimate of drug-likeness (QED) is 0.879. The van der Waals surface area contributed by atoms with Crippen LogP contribution < -0.4 is 0 Å². The van der Waals surface area contributed by atoms with Crippen molar-refractivity contribution >= 4 is 17.2 Å². The van der Waals surface area contributed by atoms with Crippen LogP contribution in [0.5, 0.6) is 0 Å². The standard InChI is InChI=1S/C13H17N3O/c1-4-11-15-12-9(2)8-10(6-5-7-17-3)14-13(12)16-11/h5-6,8H,4,7H2,1-3H3,(H,14,15,16)/b6-5+. The van der Waals surface area contributed by atoms with Crippen LogP contribution in [-0.4, -0.2) is 28.7 Å². The van der Waals surface area contributed by atoms with Gasteiger partial charge in [0.25, 0.3) is 0 Å². The molecule has 0 bridgehead atoms. The smallest absolute Gasteiger partial charge is 0.178 e. The van der Waals surface area contributed by atoms with E-state index in [1.165, 1.54) is 5.56 Å². The molecule has 4 heteroatoms. The first-order valence-electron chi connectivity index (χ1n) is 5.76. The van der Waals surface area contributed by atoms with Crippen LogP contribution in [0.2, 0.25) is 0 Å². The van der Waals surface area contributed by atoms with Gasteiger partial charge in [-0.15, -0.1) is 0 Å². The van der Waals surface area contributed by atoms with E-state index in [0.717, 1.165) is 29.1 Å². The number of pyridine rings is 1. The van der Waals surface area contributed by atoms with Crippen LogP contribution in [-0.2, 0) is 11.2 Å². The molecule has 2 aromatic heterocycles. The fourth-order valence-corrected chi connectivity index (χ4v) is 1.73. The number of aromatic nitrogens is 3. The molecule has 0 saturated carbocycles. The zero-order valence-corrected chi connectivity index (χ0v) is 10.4. The van der Waals surface area contributed by atoms with Crippen molar-refractivity contribution in [3.63, 3.8) is 0 Å². The lowest BCUT2D eigenvalue weighted by molar-refractivity contribution is 0.234. The Hall–Kier alpha value is -1.68. The van der Waals surface area contributed by atoms with Crippen LogP contribution in [0.3, 0.4) is 0 Å². The van der Waals surface area contributed by atoms with Crippen molar-refractivity contribution in [1.29, 1.82) is 0 Å². The van der Waals surface area contributed by atoms with Gasteiger partial charge >= 0.3 is 0 Å². The maximum atomic E-state index is 4.97. The molecule has 0 atom stereocenters. The van der Waals surface area contributed by atoms with Crippen LogP contribution in [0, 0.1) is 6.92 Å². The van der Waals surface area contributed by atoms with Crippen molar-refractivity contribution < 1.29 is 4.74 Å². The molecule has 90 valence electrons. The second kappa shape index (κ2) is 5.10. The number of H-pyrrole nitrogens is 1. The molecule has 2 heterocycles. The summed E-state index contributed by atoms with van der Waals surface area (Å²) in [5, 5.41) is 0. The number of ether oxygens (including phenoxy) is 1. The van der Waals surface area contributed by atoms with Gasteiger partial charge in [0, 0.05) is 13.5 Å². The summed E-state index contributed by atoms with van der Waals surface area (Å²) in [6, 6.07) is 2.05. The largest absolute Gasteiger partial charge is 0.381 e. The number of hydrogen-bond acceptors (Lipinski definition) is 3. The van der Waals surface area contributed by atoms with E-state index in [-0.39, 0.29) is 0 Å². The number of aryl methyl sites for hydroxylation is 2. The first-order valence-corrected chi connectivity index (χ1v) is 5.76. The SMILES string of the molecule is CCc1nc2nc(/C=C/COC)cc(C)c2[nH]1. The maximum absolute atomic E-state index is 4.97. The summed E-state index contributed by atoms with van der Waals surface area (Å²) in [6.45, 7) is 4.74. The molecule has 0 fully saturated rings. The van der Waals surface area contributed by atoms with Gasteiger partial charge in [-0.1, -0.05) is 13.0 Å². The van der Waals surface area contributed by atoms with Gasteiger partial charge in [0.15, 0.2) is 5.65 Å². The molecule has 2 aromatic rings. The molecular formula is C13H17N3O. The molecule has 0 saturated heterocycles. The summed E-state index contributed by atoms with van der Waals surface area (Å²) in [5.41, 5.74) is 3.91. The average Bonchev–Trinajstić information content (AvgIpc) is 2.73. The van der Waals surface area contributed by atoms with Gasteiger partial charge in [-0.05, 0) is 24.6 Å². The Morgan fingerprint density at radius 2 is 2.24 bits per heavy atom. The van der Waals surface area contributed by atoms with Crippen molar-refractivity contribution in [1.82, 2.24) is 15.0 Å². The van der Waals surface area contributed by atoms with E-state index in [1.54, 1.807) is 7.11 Å². The molecule has 1 N–H and O–H groups in total. The van der Waals surface area contributed by atoms with Crippen molar-refractivity contribution in [2.45, 2.75) is 20.3 Å². The average molecular weight is 231 g/mol. The van der Waals surface area contributed by atoms with Crippen molar-refractivity contribution in [2.75, 3.05) is 13.7 Å².